The van der Waals surface area contributed by atoms with Crippen molar-refractivity contribution < 1.29 is 28.9 Å². The fourth-order valence-corrected chi connectivity index (χ4v) is 4.80. The van der Waals surface area contributed by atoms with E-state index in [0.717, 1.165) is 41.8 Å². The largest absolute Gasteiger partial charge is 0.460 e. The Kier molecular flexibility index (Phi) is 7.15. The molecule has 0 fully saturated rings. The fraction of sp³-hybridized carbons (Fsp3) is 0.400. The Bertz CT molecular complexity index is 1060. The molecule has 3 rings (SSSR count). The molecule has 1 heterocycles. The van der Waals surface area contributed by atoms with Crippen LogP contribution in [0.25, 0.3) is 0 Å². The highest BCUT2D eigenvalue weighted by molar-refractivity contribution is 7.17. The number of ether oxygens (including phenoxy) is 2. The number of nitrogens with zero attached hydrogens (tertiary/aromatic N) is 2. The molecule has 11 nitrogen and oxygen atoms in total. The van der Waals surface area contributed by atoms with Gasteiger partial charge in [0.2, 0.25) is 0 Å². The van der Waals surface area contributed by atoms with Gasteiger partial charge in [-0.25, -0.2) is 4.79 Å². The Balaban J connectivity index is 1.97. The monoisotopic (exact) mass is 463 g/mol. The number of nitro groups is 2. The molecule has 0 spiro atoms. The van der Waals surface area contributed by atoms with E-state index in [-0.39, 0.29) is 34.9 Å². The lowest BCUT2D eigenvalue weighted by atomic mass is 9.95. The molecule has 1 aliphatic carbocycles. The molecule has 0 unspecified atom stereocenters. The summed E-state index contributed by atoms with van der Waals surface area (Å²) in [4.78, 5) is 47.7. The number of methoxy groups -OCH3 is 1. The summed E-state index contributed by atoms with van der Waals surface area (Å²) in [7, 11) is 1.48. The Morgan fingerprint density at radius 3 is 2.31 bits per heavy atom. The number of carbonyl (C=O) groups excluding carboxylic acids is 2. The van der Waals surface area contributed by atoms with Crippen molar-refractivity contribution in [1.29, 1.82) is 0 Å². The molecule has 1 N–H and O–H groups in total. The molecule has 12 heteroatoms. The quantitative estimate of drug-likeness (QED) is 0.269. The summed E-state index contributed by atoms with van der Waals surface area (Å²) in [5.74, 6) is -1.39. The zero-order valence-corrected chi connectivity index (χ0v) is 18.3. The van der Waals surface area contributed by atoms with E-state index in [0.29, 0.717) is 6.42 Å². The number of benzene rings is 1. The SMILES string of the molecule is COCCOC(=O)c1c(NC(=O)c2cc([N+](=O)[O-])c(C)c([N+](=O)[O-])c2)sc2c1CCCC2. The predicted octanol–water partition coefficient (Wildman–Crippen LogP) is 3.81. The molecular formula is C20H21N3O8S. The maximum absolute atomic E-state index is 12.9. The lowest BCUT2D eigenvalue weighted by Crippen LogP contribution is -2.17. The van der Waals surface area contributed by atoms with Crippen LogP contribution >= 0.6 is 11.3 Å². The number of aryl methyl sites for hydroxylation is 1. The first kappa shape index (κ1) is 23.3. The lowest BCUT2D eigenvalue weighted by molar-refractivity contribution is -0.395. The molecule has 170 valence electrons. The third-order valence-corrected chi connectivity index (χ3v) is 6.34. The molecule has 2 aromatic rings. The first-order valence-corrected chi connectivity index (χ1v) is 10.6. The highest BCUT2D eigenvalue weighted by Gasteiger charge is 2.29. The van der Waals surface area contributed by atoms with Gasteiger partial charge in [0.25, 0.3) is 17.3 Å². The predicted molar refractivity (Wildman–Crippen MR) is 116 cm³/mol. The van der Waals surface area contributed by atoms with Crippen molar-refractivity contribution in [3.05, 3.63) is 59.5 Å². The number of carbonyl (C=O) groups is 2. The molecule has 1 amide bonds. The van der Waals surface area contributed by atoms with Gasteiger partial charge < -0.3 is 14.8 Å². The molecule has 0 radical (unpaired) electrons. The number of hydrogen-bond donors (Lipinski definition) is 1. The molecule has 1 aromatic heterocycles. The summed E-state index contributed by atoms with van der Waals surface area (Å²) < 4.78 is 10.1. The summed E-state index contributed by atoms with van der Waals surface area (Å²) >= 11 is 1.24. The third kappa shape index (κ3) is 4.75. The average molecular weight is 463 g/mol. The van der Waals surface area contributed by atoms with Crippen LogP contribution in [0.4, 0.5) is 16.4 Å². The second kappa shape index (κ2) is 9.83. The van der Waals surface area contributed by atoms with E-state index in [4.69, 9.17) is 9.47 Å². The van der Waals surface area contributed by atoms with Gasteiger partial charge in [0.05, 0.1) is 27.6 Å². The molecule has 0 bridgehead atoms. The van der Waals surface area contributed by atoms with Crippen LogP contribution < -0.4 is 5.32 Å². The number of esters is 1. The third-order valence-electron chi connectivity index (χ3n) is 5.13. The molecule has 0 saturated heterocycles. The molecule has 0 atom stereocenters. The van der Waals surface area contributed by atoms with Gasteiger partial charge in [-0.2, -0.15) is 0 Å². The first-order chi connectivity index (χ1) is 15.2. The van der Waals surface area contributed by atoms with E-state index in [1.54, 1.807) is 0 Å². The van der Waals surface area contributed by atoms with E-state index >= 15 is 0 Å². The smallest absolute Gasteiger partial charge is 0.341 e. The van der Waals surface area contributed by atoms with Crippen molar-refractivity contribution >= 4 is 39.6 Å². The van der Waals surface area contributed by atoms with E-state index in [1.165, 1.54) is 25.4 Å². The van der Waals surface area contributed by atoms with Crippen molar-refractivity contribution in [2.45, 2.75) is 32.6 Å². The second-order valence-corrected chi connectivity index (χ2v) is 8.26. The molecule has 32 heavy (non-hydrogen) atoms. The van der Waals surface area contributed by atoms with E-state index in [1.807, 2.05) is 0 Å². The van der Waals surface area contributed by atoms with E-state index in [2.05, 4.69) is 5.32 Å². The van der Waals surface area contributed by atoms with Crippen LogP contribution in [0, 0.1) is 27.2 Å². The Morgan fingerprint density at radius 1 is 1.09 bits per heavy atom. The van der Waals surface area contributed by atoms with Crippen LogP contribution in [0.15, 0.2) is 12.1 Å². The second-order valence-electron chi connectivity index (χ2n) is 7.15. The number of nitro benzene ring substituents is 2. The van der Waals surface area contributed by atoms with Crippen molar-refractivity contribution in [1.82, 2.24) is 0 Å². The highest BCUT2D eigenvalue weighted by Crippen LogP contribution is 2.39. The van der Waals surface area contributed by atoms with Crippen molar-refractivity contribution in [2.75, 3.05) is 25.6 Å². The molecular weight excluding hydrogens is 442 g/mol. The number of amides is 1. The average Bonchev–Trinajstić information content (AvgIpc) is 3.11. The van der Waals surface area contributed by atoms with Crippen molar-refractivity contribution in [2.24, 2.45) is 0 Å². The molecule has 1 aromatic carbocycles. The van der Waals surface area contributed by atoms with Gasteiger partial charge in [-0.1, -0.05) is 0 Å². The zero-order valence-electron chi connectivity index (χ0n) is 17.5. The minimum absolute atomic E-state index is 0.0453. The number of hydrogen-bond acceptors (Lipinski definition) is 9. The van der Waals surface area contributed by atoms with Crippen LogP contribution in [0.3, 0.4) is 0 Å². The topological polar surface area (TPSA) is 151 Å². The molecule has 0 aliphatic heterocycles. The number of nitrogens with one attached hydrogen (secondary N) is 1. The normalized spacial score (nSPS) is 12.7. The number of rotatable bonds is 8. The van der Waals surface area contributed by atoms with Crippen molar-refractivity contribution in [3.8, 4) is 0 Å². The Morgan fingerprint density at radius 2 is 1.72 bits per heavy atom. The van der Waals surface area contributed by atoms with Gasteiger partial charge in [0.1, 0.15) is 17.2 Å². The highest BCUT2D eigenvalue weighted by atomic mass is 32.1. The van der Waals surface area contributed by atoms with Gasteiger partial charge >= 0.3 is 5.97 Å². The number of thiophene rings is 1. The first-order valence-electron chi connectivity index (χ1n) is 9.80. The Hall–Kier alpha value is -3.38. The van der Waals surface area contributed by atoms with E-state index < -0.39 is 33.1 Å². The maximum Gasteiger partial charge on any atom is 0.341 e. The summed E-state index contributed by atoms with van der Waals surface area (Å²) in [6.45, 7) is 1.51. The Labute approximate surface area is 186 Å². The minimum atomic E-state index is -0.791. The number of fused-ring (bicyclic) bond motifs is 1. The van der Waals surface area contributed by atoms with Crippen LogP contribution in [0.2, 0.25) is 0 Å². The van der Waals surface area contributed by atoms with Crippen LogP contribution in [0.5, 0.6) is 0 Å². The summed E-state index contributed by atoms with van der Waals surface area (Å²) in [6.07, 6.45) is 3.27. The van der Waals surface area contributed by atoms with Crippen molar-refractivity contribution in [3.63, 3.8) is 0 Å². The van der Waals surface area contributed by atoms with Crippen LogP contribution in [-0.2, 0) is 22.3 Å². The number of anilines is 1. The maximum atomic E-state index is 12.9. The standard InChI is InChI=1S/C20H21N3O8S/c1-11-14(22(26)27)9-12(10-15(11)23(28)29)18(24)21-19-17(20(25)31-8-7-30-2)13-5-3-4-6-16(13)32-19/h9-10H,3-8H2,1-2H3,(H,21,24). The summed E-state index contributed by atoms with van der Waals surface area (Å²) in [5.41, 5.74) is -0.391. The molecule has 1 aliphatic rings. The minimum Gasteiger partial charge on any atom is -0.460 e. The van der Waals surface area contributed by atoms with Crippen LogP contribution in [0.1, 0.15) is 49.6 Å². The van der Waals surface area contributed by atoms with Gasteiger partial charge in [-0.15, -0.1) is 11.3 Å². The van der Waals surface area contributed by atoms with Gasteiger partial charge in [0, 0.05) is 24.1 Å². The van der Waals surface area contributed by atoms with Gasteiger partial charge in [-0.3, -0.25) is 25.0 Å². The van der Waals surface area contributed by atoms with E-state index in [9.17, 15) is 29.8 Å². The van der Waals surface area contributed by atoms with Crippen LogP contribution in [-0.4, -0.2) is 42.0 Å². The summed E-state index contributed by atoms with van der Waals surface area (Å²) in [5, 5.41) is 25.5. The van der Waals surface area contributed by atoms with Gasteiger partial charge in [0.15, 0.2) is 0 Å². The van der Waals surface area contributed by atoms with Gasteiger partial charge in [-0.05, 0) is 38.2 Å². The fourth-order valence-electron chi connectivity index (χ4n) is 3.53. The lowest BCUT2D eigenvalue weighted by Gasteiger charge is -2.13. The molecule has 0 saturated carbocycles. The summed E-state index contributed by atoms with van der Waals surface area (Å²) in [6, 6.07) is 1.98. The zero-order chi connectivity index (χ0) is 23.4.